The molecule has 0 bridgehead atoms. The summed E-state index contributed by atoms with van der Waals surface area (Å²) in [5, 5.41) is 15.6. The van der Waals surface area contributed by atoms with E-state index >= 15 is 0 Å². The van der Waals surface area contributed by atoms with Crippen LogP contribution in [-0.4, -0.2) is 19.5 Å². The Balaban J connectivity index is 1.78. The predicted molar refractivity (Wildman–Crippen MR) is 83.9 cm³/mol. The third-order valence-corrected chi connectivity index (χ3v) is 4.13. The van der Waals surface area contributed by atoms with Gasteiger partial charge >= 0.3 is 0 Å². The Kier molecular flexibility index (Phi) is 4.02. The number of hydrogen-bond donors (Lipinski definition) is 0. The lowest BCUT2D eigenvalue weighted by atomic mass is 10.3. The van der Waals surface area contributed by atoms with Gasteiger partial charge in [0.2, 0.25) is 4.96 Å². The largest absolute Gasteiger partial charge is 0.487 e. The van der Waals surface area contributed by atoms with Gasteiger partial charge in [-0.25, -0.2) is 4.98 Å². The lowest BCUT2D eigenvalue weighted by Gasteiger charge is -2.05. The highest BCUT2D eigenvalue weighted by Gasteiger charge is 2.09. The quantitative estimate of drug-likeness (QED) is 0.524. The van der Waals surface area contributed by atoms with E-state index in [4.69, 9.17) is 4.74 Å². The van der Waals surface area contributed by atoms with E-state index in [9.17, 15) is 14.9 Å². The molecule has 0 amide bonds. The number of fused-ring (bicyclic) bond motifs is 1. The fourth-order valence-corrected chi connectivity index (χ4v) is 2.79. The first kappa shape index (κ1) is 15.1. The summed E-state index contributed by atoms with van der Waals surface area (Å²) < 4.78 is 6.79. The fraction of sp³-hybridized carbons (Fsp3) is 0.214. The minimum Gasteiger partial charge on any atom is -0.487 e. The number of nitro groups is 1. The maximum atomic E-state index is 12.0. The fourth-order valence-electron chi connectivity index (χ4n) is 1.93. The molecule has 0 aliphatic carbocycles. The Hall–Kier alpha value is -2.81. The molecule has 3 rings (SSSR count). The molecule has 0 aliphatic rings. The minimum atomic E-state index is -0.477. The molecule has 2 heterocycles. The van der Waals surface area contributed by atoms with E-state index in [-0.39, 0.29) is 17.9 Å². The highest BCUT2D eigenvalue weighted by atomic mass is 32.1. The molecule has 0 unspecified atom stereocenters. The van der Waals surface area contributed by atoms with Crippen LogP contribution in [0.25, 0.3) is 4.96 Å². The number of aryl methyl sites for hydroxylation is 1. The number of benzene rings is 1. The van der Waals surface area contributed by atoms with E-state index in [1.165, 1.54) is 46.2 Å². The van der Waals surface area contributed by atoms with Crippen LogP contribution in [0.2, 0.25) is 0 Å². The summed E-state index contributed by atoms with van der Waals surface area (Å²) in [5.74, 6) is 0.469. The SMILES string of the molecule is CCc1nn2c(=O)cc(COc3ccc([N+](=O)[O-])cc3)nc2s1. The standard InChI is InChI=1S/C14H12N4O4S/c1-2-12-16-17-13(19)7-9(15-14(17)23-12)8-22-11-5-3-10(4-6-11)18(20)21/h3-7H,2,8H2,1H3. The molecule has 2 aromatic heterocycles. The van der Waals surface area contributed by atoms with Crippen molar-refractivity contribution in [2.24, 2.45) is 0 Å². The Morgan fingerprint density at radius 1 is 1.35 bits per heavy atom. The van der Waals surface area contributed by atoms with Gasteiger partial charge in [-0.1, -0.05) is 18.3 Å². The van der Waals surface area contributed by atoms with Crippen LogP contribution in [0.4, 0.5) is 5.69 Å². The van der Waals surface area contributed by atoms with Crippen LogP contribution in [0, 0.1) is 10.1 Å². The zero-order chi connectivity index (χ0) is 16.4. The van der Waals surface area contributed by atoms with Crippen LogP contribution in [0.3, 0.4) is 0 Å². The number of ether oxygens (including phenoxy) is 1. The third kappa shape index (κ3) is 3.19. The molecular weight excluding hydrogens is 320 g/mol. The molecule has 0 saturated heterocycles. The van der Waals surface area contributed by atoms with Gasteiger partial charge in [0.05, 0.1) is 10.6 Å². The smallest absolute Gasteiger partial charge is 0.275 e. The van der Waals surface area contributed by atoms with Crippen LogP contribution < -0.4 is 10.3 Å². The normalized spacial score (nSPS) is 10.8. The Morgan fingerprint density at radius 2 is 2.09 bits per heavy atom. The molecule has 0 spiro atoms. The molecule has 0 saturated carbocycles. The second kappa shape index (κ2) is 6.13. The van der Waals surface area contributed by atoms with Gasteiger partial charge in [-0.05, 0) is 18.6 Å². The first-order chi connectivity index (χ1) is 11.1. The van der Waals surface area contributed by atoms with Crippen molar-refractivity contribution in [1.82, 2.24) is 14.6 Å². The third-order valence-electron chi connectivity index (χ3n) is 3.08. The number of non-ortho nitro benzene ring substituents is 1. The van der Waals surface area contributed by atoms with Crippen molar-refractivity contribution in [2.45, 2.75) is 20.0 Å². The van der Waals surface area contributed by atoms with Gasteiger partial charge in [0.1, 0.15) is 17.4 Å². The molecule has 8 nitrogen and oxygen atoms in total. The summed E-state index contributed by atoms with van der Waals surface area (Å²) in [7, 11) is 0. The second-order valence-corrected chi connectivity index (χ2v) is 5.71. The van der Waals surface area contributed by atoms with Crippen molar-refractivity contribution in [3.63, 3.8) is 0 Å². The summed E-state index contributed by atoms with van der Waals surface area (Å²) in [6, 6.07) is 7.10. The number of aromatic nitrogens is 3. The van der Waals surface area contributed by atoms with Gasteiger partial charge in [-0.2, -0.15) is 9.61 Å². The monoisotopic (exact) mass is 332 g/mol. The van der Waals surface area contributed by atoms with E-state index in [1.807, 2.05) is 6.92 Å². The van der Waals surface area contributed by atoms with Gasteiger partial charge in [0.15, 0.2) is 0 Å². The zero-order valence-electron chi connectivity index (χ0n) is 12.1. The van der Waals surface area contributed by atoms with Gasteiger partial charge < -0.3 is 4.74 Å². The molecule has 0 atom stereocenters. The van der Waals surface area contributed by atoms with Crippen molar-refractivity contribution in [3.8, 4) is 5.75 Å². The summed E-state index contributed by atoms with van der Waals surface area (Å²) >= 11 is 1.36. The molecule has 9 heteroatoms. The Morgan fingerprint density at radius 3 is 2.74 bits per heavy atom. The van der Waals surface area contributed by atoms with Crippen LogP contribution in [-0.2, 0) is 13.0 Å². The summed E-state index contributed by atoms with van der Waals surface area (Å²) in [5.41, 5.74) is 0.222. The average molecular weight is 332 g/mol. The summed E-state index contributed by atoms with van der Waals surface area (Å²) in [6.07, 6.45) is 0.738. The van der Waals surface area contributed by atoms with E-state index in [2.05, 4.69) is 10.1 Å². The van der Waals surface area contributed by atoms with Gasteiger partial charge in [-0.3, -0.25) is 14.9 Å². The van der Waals surface area contributed by atoms with E-state index in [0.717, 1.165) is 11.4 Å². The predicted octanol–water partition coefficient (Wildman–Crippen LogP) is 2.20. The number of nitrogens with zero attached hydrogens (tertiary/aromatic N) is 4. The lowest BCUT2D eigenvalue weighted by Crippen LogP contribution is -2.16. The van der Waals surface area contributed by atoms with Gasteiger partial charge in [-0.15, -0.1) is 0 Å². The Bertz CT molecular complexity index is 917. The van der Waals surface area contributed by atoms with Crippen molar-refractivity contribution < 1.29 is 9.66 Å². The molecule has 1 aromatic carbocycles. The summed E-state index contributed by atoms with van der Waals surface area (Å²) in [4.78, 5) is 27.0. The van der Waals surface area contributed by atoms with E-state index in [1.54, 1.807) is 0 Å². The molecule has 0 N–H and O–H groups in total. The first-order valence-corrected chi connectivity index (χ1v) is 7.64. The van der Waals surface area contributed by atoms with Crippen LogP contribution in [0.15, 0.2) is 35.1 Å². The average Bonchev–Trinajstić information content (AvgIpc) is 2.97. The maximum Gasteiger partial charge on any atom is 0.275 e. The van der Waals surface area contributed by atoms with Crippen LogP contribution >= 0.6 is 11.3 Å². The Labute approximate surface area is 134 Å². The van der Waals surface area contributed by atoms with E-state index in [0.29, 0.717) is 16.4 Å². The lowest BCUT2D eigenvalue weighted by molar-refractivity contribution is -0.384. The highest BCUT2D eigenvalue weighted by molar-refractivity contribution is 7.16. The number of hydrogen-bond acceptors (Lipinski definition) is 7. The maximum absolute atomic E-state index is 12.0. The van der Waals surface area contributed by atoms with Crippen LogP contribution in [0.1, 0.15) is 17.6 Å². The number of rotatable bonds is 5. The molecule has 118 valence electrons. The molecular formula is C14H12N4O4S. The van der Waals surface area contributed by atoms with Crippen molar-refractivity contribution >= 4 is 22.0 Å². The topological polar surface area (TPSA) is 99.6 Å². The summed E-state index contributed by atoms with van der Waals surface area (Å²) in [6.45, 7) is 2.06. The van der Waals surface area contributed by atoms with Crippen molar-refractivity contribution in [2.75, 3.05) is 0 Å². The first-order valence-electron chi connectivity index (χ1n) is 6.82. The molecule has 3 aromatic rings. The van der Waals surface area contributed by atoms with Crippen LogP contribution in [0.5, 0.6) is 5.75 Å². The molecule has 0 aliphatic heterocycles. The van der Waals surface area contributed by atoms with Gasteiger partial charge in [0.25, 0.3) is 11.2 Å². The highest BCUT2D eigenvalue weighted by Crippen LogP contribution is 2.18. The molecule has 0 fully saturated rings. The van der Waals surface area contributed by atoms with Crippen molar-refractivity contribution in [1.29, 1.82) is 0 Å². The molecule has 0 radical (unpaired) electrons. The van der Waals surface area contributed by atoms with Crippen molar-refractivity contribution in [3.05, 3.63) is 61.5 Å². The zero-order valence-corrected chi connectivity index (χ0v) is 12.9. The molecule has 23 heavy (non-hydrogen) atoms. The number of nitro benzene ring substituents is 1. The van der Waals surface area contributed by atoms with E-state index < -0.39 is 4.92 Å². The van der Waals surface area contributed by atoms with Gasteiger partial charge in [0, 0.05) is 18.2 Å². The second-order valence-electron chi connectivity index (χ2n) is 4.67. The minimum absolute atomic E-state index is 0.00751.